The molecular weight excluding hydrogens is 431 g/mol. The maximum absolute atomic E-state index is 13.1. The second-order valence-electron chi connectivity index (χ2n) is 11.1. The summed E-state index contributed by atoms with van der Waals surface area (Å²) in [4.78, 5) is 23.9. The first-order chi connectivity index (χ1) is 13.6. The molecule has 0 aromatic carbocycles. The van der Waals surface area contributed by atoms with Crippen molar-refractivity contribution in [3.05, 3.63) is 0 Å². The molecule has 0 radical (unpaired) electrons. The van der Waals surface area contributed by atoms with Crippen LogP contribution in [0.1, 0.15) is 81.1 Å². The first-order valence-electron chi connectivity index (χ1n) is 10.7. The molecule has 2 rings (SSSR count). The number of carbonyl (C=O) groups is 1. The molecule has 0 saturated carbocycles. The zero-order valence-corrected chi connectivity index (χ0v) is 21.5. The molecule has 2 fully saturated rings. The van der Waals surface area contributed by atoms with Gasteiger partial charge in [-0.15, -0.1) is 0 Å². The number of hydrogen-bond acceptors (Lipinski definition) is 7. The average Bonchev–Trinajstić information content (AvgIpc) is 2.50. The number of hydroxylamine groups is 4. The van der Waals surface area contributed by atoms with E-state index in [-0.39, 0.29) is 44.4 Å². The molecule has 2 aliphatic heterocycles. The van der Waals surface area contributed by atoms with E-state index >= 15 is 0 Å². The van der Waals surface area contributed by atoms with Crippen LogP contribution in [0, 0.1) is 0 Å². The number of piperidine rings is 2. The van der Waals surface area contributed by atoms with E-state index in [2.05, 4.69) is 55.4 Å². The second-order valence-corrected chi connectivity index (χ2v) is 13.3. The third kappa shape index (κ3) is 5.50. The van der Waals surface area contributed by atoms with Gasteiger partial charge in [-0.3, -0.25) is 0 Å². The Labute approximate surface area is 186 Å². The molecule has 0 aromatic rings. The van der Waals surface area contributed by atoms with E-state index in [0.29, 0.717) is 12.8 Å². The Morgan fingerprint density at radius 3 is 1.53 bits per heavy atom. The van der Waals surface area contributed by atoms with Crippen LogP contribution in [0.3, 0.4) is 0 Å². The van der Waals surface area contributed by atoms with Gasteiger partial charge in [-0.2, -0.15) is 0 Å². The normalized spacial score (nSPS) is 27.6. The Morgan fingerprint density at radius 1 is 0.800 bits per heavy atom. The quantitative estimate of drug-likeness (QED) is 0.526. The van der Waals surface area contributed by atoms with Crippen molar-refractivity contribution in [3.63, 3.8) is 0 Å². The van der Waals surface area contributed by atoms with E-state index in [4.69, 9.17) is 14.4 Å². The number of hydrogen-bond donors (Lipinski definition) is 0. The van der Waals surface area contributed by atoms with Gasteiger partial charge in [0.15, 0.2) is 0 Å². The Balaban J connectivity index is 2.01. The van der Waals surface area contributed by atoms with Crippen LogP contribution < -0.4 is 0 Å². The van der Waals surface area contributed by atoms with Crippen LogP contribution in [-0.4, -0.2) is 58.6 Å². The molecule has 0 aromatic heterocycles. The summed E-state index contributed by atoms with van der Waals surface area (Å²) in [6, 6.07) is 0. The van der Waals surface area contributed by atoms with E-state index in [0.717, 1.165) is 12.8 Å². The van der Waals surface area contributed by atoms with E-state index in [1.807, 2.05) is 10.1 Å². The van der Waals surface area contributed by atoms with Gasteiger partial charge in [0.2, 0.25) is 0 Å². The van der Waals surface area contributed by atoms with Gasteiger partial charge in [0, 0.05) is 0 Å². The van der Waals surface area contributed by atoms with Gasteiger partial charge in [-0.25, -0.2) is 0 Å². The SMILES string of the molecule is CON1C(C)(C)CC(OC(=O)[CH2][Co](=[O])[CH]2CC(C)(C)N(OC)C(C)(C)C2)CC1(C)C. The topological polar surface area (TPSA) is 68.3 Å². The first kappa shape index (κ1) is 25.9. The number of carbonyl (C=O) groups excluding carboxylic acids is 1. The van der Waals surface area contributed by atoms with Crippen molar-refractivity contribution < 1.29 is 36.7 Å². The van der Waals surface area contributed by atoms with Gasteiger partial charge in [-0.05, 0) is 0 Å². The molecule has 2 saturated heterocycles. The molecule has 0 aliphatic carbocycles. The summed E-state index contributed by atoms with van der Waals surface area (Å²) in [7, 11) is 3.36. The Kier molecular flexibility index (Phi) is 7.65. The van der Waals surface area contributed by atoms with Crippen molar-refractivity contribution in [2.45, 2.75) is 120 Å². The summed E-state index contributed by atoms with van der Waals surface area (Å²) in [6.45, 7) is 16.7. The molecular formula is C22H42CoN2O5. The van der Waals surface area contributed by atoms with Crippen LogP contribution in [0.15, 0.2) is 0 Å². The summed E-state index contributed by atoms with van der Waals surface area (Å²) < 4.78 is 19.0. The zero-order chi connectivity index (χ0) is 23.1. The molecule has 0 spiro atoms. The van der Waals surface area contributed by atoms with E-state index in [9.17, 15) is 8.66 Å². The molecule has 8 heteroatoms. The molecule has 30 heavy (non-hydrogen) atoms. The van der Waals surface area contributed by atoms with Crippen molar-refractivity contribution in [1.82, 2.24) is 10.1 Å². The van der Waals surface area contributed by atoms with Crippen LogP contribution in [0.5, 0.6) is 0 Å². The van der Waals surface area contributed by atoms with Crippen molar-refractivity contribution in [2.24, 2.45) is 0 Å². The Hall–Kier alpha value is -0.384. The first-order valence-corrected chi connectivity index (χ1v) is 12.4. The van der Waals surface area contributed by atoms with Gasteiger partial charge in [-0.1, -0.05) is 0 Å². The van der Waals surface area contributed by atoms with Crippen LogP contribution in [-0.2, 0) is 36.7 Å². The second kappa shape index (κ2) is 8.87. The monoisotopic (exact) mass is 473 g/mol. The summed E-state index contributed by atoms with van der Waals surface area (Å²) in [5.74, 6) is -0.359. The molecule has 2 heterocycles. The predicted octanol–water partition coefficient (Wildman–Crippen LogP) is 4.50. The molecule has 0 amide bonds. The third-order valence-electron chi connectivity index (χ3n) is 6.26. The Bertz CT molecular complexity index is 626. The fourth-order valence-corrected chi connectivity index (χ4v) is 8.09. The van der Waals surface area contributed by atoms with Gasteiger partial charge in [0.25, 0.3) is 0 Å². The maximum atomic E-state index is 13.1. The van der Waals surface area contributed by atoms with E-state index in [1.54, 1.807) is 14.2 Å². The van der Waals surface area contributed by atoms with E-state index < -0.39 is 13.6 Å². The van der Waals surface area contributed by atoms with Gasteiger partial charge < -0.3 is 0 Å². The van der Waals surface area contributed by atoms with Crippen molar-refractivity contribution in [3.8, 4) is 0 Å². The third-order valence-corrected chi connectivity index (χ3v) is 8.29. The molecule has 0 bridgehead atoms. The Morgan fingerprint density at radius 2 is 1.17 bits per heavy atom. The number of nitrogens with zero attached hydrogens (tertiary/aromatic N) is 2. The van der Waals surface area contributed by atoms with Crippen molar-refractivity contribution >= 4 is 5.97 Å². The molecule has 0 unspecified atom stereocenters. The fraction of sp³-hybridized carbons (Fsp3) is 0.955. The number of ether oxygens (including phenoxy) is 1. The fourth-order valence-electron chi connectivity index (χ4n) is 5.90. The van der Waals surface area contributed by atoms with Crippen LogP contribution in [0.4, 0.5) is 0 Å². The van der Waals surface area contributed by atoms with Crippen LogP contribution in [0.2, 0.25) is 10.2 Å². The van der Waals surface area contributed by atoms with Crippen molar-refractivity contribution in [2.75, 3.05) is 14.2 Å². The summed E-state index contributed by atoms with van der Waals surface area (Å²) >= 11 is -1.68. The van der Waals surface area contributed by atoms with E-state index in [1.165, 1.54) is 0 Å². The standard InChI is InChI=1S/C12H22NO3.C10H20NO.Co.O/c1-9(14)16-10-7-11(2,3)13(15-6)12(4,5)8-10;1-9(2)7-6-8-10(3,4)11(9)12-5;;/h10H,1,7-8H2,2-6H3;6H,7-8H2,1-5H3;;. The van der Waals surface area contributed by atoms with Gasteiger partial charge >= 0.3 is 187 Å². The van der Waals surface area contributed by atoms with Crippen LogP contribution >= 0.6 is 0 Å². The average molecular weight is 474 g/mol. The minimum absolute atomic E-state index is 0.0256. The van der Waals surface area contributed by atoms with Crippen LogP contribution in [0.25, 0.3) is 0 Å². The molecule has 0 N–H and O–H groups in total. The van der Waals surface area contributed by atoms with Gasteiger partial charge in [0.1, 0.15) is 0 Å². The molecule has 179 valence electrons. The number of esters is 1. The molecule has 7 nitrogen and oxygen atoms in total. The predicted molar refractivity (Wildman–Crippen MR) is 112 cm³/mol. The summed E-state index contributed by atoms with van der Waals surface area (Å²) in [6.07, 6.45) is 2.59. The molecule has 2 aliphatic rings. The van der Waals surface area contributed by atoms with Crippen molar-refractivity contribution in [1.29, 1.82) is 0 Å². The van der Waals surface area contributed by atoms with Gasteiger partial charge in [0.05, 0.1) is 0 Å². The number of rotatable bonds is 6. The zero-order valence-electron chi connectivity index (χ0n) is 20.5. The molecule has 0 atom stereocenters. The summed E-state index contributed by atoms with van der Waals surface area (Å²) in [5, 5.41) is 3.95. The summed E-state index contributed by atoms with van der Waals surface area (Å²) in [5.41, 5.74) is -1.03. The minimum atomic E-state index is -1.68.